The molecule has 6 heteroatoms. The number of aromatic nitrogens is 4. The summed E-state index contributed by atoms with van der Waals surface area (Å²) in [7, 11) is 0. The molecular formula is C15H21N5O. The molecule has 6 nitrogen and oxygen atoms in total. The topological polar surface area (TPSA) is 66.8 Å². The Hall–Kier alpha value is -2.11. The normalized spacial score (nSPS) is 18.9. The molecule has 0 saturated carbocycles. The molecule has 3 rings (SSSR count). The third-order valence-corrected chi connectivity index (χ3v) is 4.03. The highest BCUT2D eigenvalue weighted by molar-refractivity contribution is 5.76. The number of likely N-dealkylation sites (tertiary alicyclic amines) is 1. The summed E-state index contributed by atoms with van der Waals surface area (Å²) in [5.74, 6) is 0.197. The van der Waals surface area contributed by atoms with Crippen molar-refractivity contribution in [3.8, 4) is 0 Å². The molecule has 0 aliphatic carbocycles. The Morgan fingerprint density at radius 3 is 3.05 bits per heavy atom. The summed E-state index contributed by atoms with van der Waals surface area (Å²) >= 11 is 0. The first-order valence-electron chi connectivity index (χ1n) is 7.53. The number of nitrogens with one attached hydrogen (secondary N) is 1. The zero-order valence-electron chi connectivity index (χ0n) is 12.3. The maximum absolute atomic E-state index is 12.5. The smallest absolute Gasteiger partial charge is 0.224 e. The van der Waals surface area contributed by atoms with Crippen molar-refractivity contribution in [2.24, 2.45) is 0 Å². The molecule has 2 aromatic rings. The Morgan fingerprint density at radius 2 is 2.33 bits per heavy atom. The summed E-state index contributed by atoms with van der Waals surface area (Å²) in [5.41, 5.74) is 2.02. The SMILES string of the molecule is Cc1ccn(CCC(=O)N2CCCC[C@@H]2c2ccn[nH]2)n1. The van der Waals surface area contributed by atoms with Gasteiger partial charge in [-0.3, -0.25) is 14.6 Å². The van der Waals surface area contributed by atoms with E-state index in [9.17, 15) is 4.79 Å². The highest BCUT2D eigenvalue weighted by Gasteiger charge is 2.28. The number of H-pyrrole nitrogens is 1. The average molecular weight is 287 g/mol. The summed E-state index contributed by atoms with van der Waals surface area (Å²) in [5, 5.41) is 11.3. The molecule has 1 atom stereocenters. The third-order valence-electron chi connectivity index (χ3n) is 4.03. The van der Waals surface area contributed by atoms with Crippen molar-refractivity contribution in [2.75, 3.05) is 6.54 Å². The van der Waals surface area contributed by atoms with Crippen molar-refractivity contribution in [3.63, 3.8) is 0 Å². The van der Waals surface area contributed by atoms with E-state index >= 15 is 0 Å². The number of hydrogen-bond donors (Lipinski definition) is 1. The van der Waals surface area contributed by atoms with Crippen LogP contribution in [0.25, 0.3) is 0 Å². The van der Waals surface area contributed by atoms with Crippen LogP contribution < -0.4 is 0 Å². The zero-order chi connectivity index (χ0) is 14.7. The largest absolute Gasteiger partial charge is 0.334 e. The maximum Gasteiger partial charge on any atom is 0.224 e. The molecule has 0 bridgehead atoms. The predicted octanol–water partition coefficient (Wildman–Crippen LogP) is 2.06. The molecule has 112 valence electrons. The second-order valence-corrected chi connectivity index (χ2v) is 5.58. The van der Waals surface area contributed by atoms with E-state index in [2.05, 4.69) is 15.3 Å². The molecule has 2 aromatic heterocycles. The fourth-order valence-electron chi connectivity index (χ4n) is 2.95. The lowest BCUT2D eigenvalue weighted by atomic mass is 9.99. The van der Waals surface area contributed by atoms with Gasteiger partial charge in [0.15, 0.2) is 0 Å². The molecule has 1 aliphatic rings. The van der Waals surface area contributed by atoms with Crippen LogP contribution >= 0.6 is 0 Å². The first kappa shape index (κ1) is 13.9. The molecule has 1 aliphatic heterocycles. The Morgan fingerprint density at radius 1 is 1.43 bits per heavy atom. The van der Waals surface area contributed by atoms with Crippen LogP contribution in [-0.2, 0) is 11.3 Å². The lowest BCUT2D eigenvalue weighted by molar-refractivity contribution is -0.135. The van der Waals surface area contributed by atoms with Gasteiger partial charge < -0.3 is 4.90 Å². The van der Waals surface area contributed by atoms with E-state index in [1.807, 2.05) is 34.8 Å². The fourth-order valence-corrected chi connectivity index (χ4v) is 2.95. The molecule has 3 heterocycles. The van der Waals surface area contributed by atoms with E-state index in [-0.39, 0.29) is 11.9 Å². The van der Waals surface area contributed by atoms with Crippen LogP contribution in [0.3, 0.4) is 0 Å². The van der Waals surface area contributed by atoms with Gasteiger partial charge >= 0.3 is 0 Å². The molecule has 21 heavy (non-hydrogen) atoms. The van der Waals surface area contributed by atoms with Gasteiger partial charge in [0.2, 0.25) is 5.91 Å². The van der Waals surface area contributed by atoms with Gasteiger partial charge in [-0.05, 0) is 38.3 Å². The summed E-state index contributed by atoms with van der Waals surface area (Å²) in [6.07, 6.45) is 7.41. The number of aromatic amines is 1. The fraction of sp³-hybridized carbons (Fsp3) is 0.533. The van der Waals surface area contributed by atoms with Crippen LogP contribution in [0.2, 0.25) is 0 Å². The van der Waals surface area contributed by atoms with E-state index in [0.29, 0.717) is 13.0 Å². The minimum atomic E-state index is 0.146. The molecule has 1 amide bonds. The Balaban J connectivity index is 1.64. The number of rotatable bonds is 4. The van der Waals surface area contributed by atoms with Gasteiger partial charge in [0.05, 0.1) is 17.4 Å². The average Bonchev–Trinajstić information content (AvgIpc) is 3.16. The van der Waals surface area contributed by atoms with Gasteiger partial charge in [-0.25, -0.2) is 0 Å². The van der Waals surface area contributed by atoms with Crippen molar-refractivity contribution >= 4 is 5.91 Å². The third kappa shape index (κ3) is 3.15. The molecular weight excluding hydrogens is 266 g/mol. The van der Waals surface area contributed by atoms with Crippen LogP contribution in [0.15, 0.2) is 24.5 Å². The molecule has 0 aromatic carbocycles. The molecule has 1 fully saturated rings. The molecule has 0 unspecified atom stereocenters. The first-order valence-corrected chi connectivity index (χ1v) is 7.53. The number of amides is 1. The van der Waals surface area contributed by atoms with Crippen LogP contribution in [0.5, 0.6) is 0 Å². The second-order valence-electron chi connectivity index (χ2n) is 5.58. The number of nitrogens with zero attached hydrogens (tertiary/aromatic N) is 4. The Bertz CT molecular complexity index is 589. The van der Waals surface area contributed by atoms with Crippen LogP contribution in [0, 0.1) is 6.92 Å². The summed E-state index contributed by atoms with van der Waals surface area (Å²) < 4.78 is 1.84. The summed E-state index contributed by atoms with van der Waals surface area (Å²) in [6.45, 7) is 3.43. The van der Waals surface area contributed by atoms with Crippen molar-refractivity contribution < 1.29 is 4.79 Å². The van der Waals surface area contributed by atoms with E-state index in [4.69, 9.17) is 0 Å². The van der Waals surface area contributed by atoms with E-state index in [1.54, 1.807) is 6.20 Å². The highest BCUT2D eigenvalue weighted by atomic mass is 16.2. The van der Waals surface area contributed by atoms with Crippen LogP contribution in [0.4, 0.5) is 0 Å². The lowest BCUT2D eigenvalue weighted by Crippen LogP contribution is -2.39. The van der Waals surface area contributed by atoms with Crippen molar-refractivity contribution in [2.45, 2.75) is 45.2 Å². The van der Waals surface area contributed by atoms with Crippen LogP contribution in [0.1, 0.15) is 43.1 Å². The van der Waals surface area contributed by atoms with Crippen LogP contribution in [-0.4, -0.2) is 37.3 Å². The standard InChI is InChI=1S/C15H21N5O/c1-12-6-10-19(18-12)11-7-15(21)20-9-3-2-4-14(20)13-5-8-16-17-13/h5-6,8,10,14H,2-4,7,9,11H2,1H3,(H,16,17)/t14-/m1/s1. The summed E-state index contributed by atoms with van der Waals surface area (Å²) in [6, 6.07) is 4.07. The monoisotopic (exact) mass is 287 g/mol. The van der Waals surface area contributed by atoms with Gasteiger partial charge in [0.25, 0.3) is 0 Å². The second kappa shape index (κ2) is 6.11. The molecule has 1 N–H and O–H groups in total. The Labute approximate surface area is 124 Å². The summed E-state index contributed by atoms with van der Waals surface area (Å²) in [4.78, 5) is 14.5. The van der Waals surface area contributed by atoms with Gasteiger partial charge in [-0.2, -0.15) is 10.2 Å². The lowest BCUT2D eigenvalue weighted by Gasteiger charge is -2.35. The number of piperidine rings is 1. The van der Waals surface area contributed by atoms with Gasteiger partial charge in [0.1, 0.15) is 0 Å². The van der Waals surface area contributed by atoms with Crippen molar-refractivity contribution in [3.05, 3.63) is 35.9 Å². The Kier molecular flexibility index (Phi) is 4.03. The van der Waals surface area contributed by atoms with E-state index < -0.39 is 0 Å². The number of carbonyl (C=O) groups excluding carboxylic acids is 1. The number of carbonyl (C=O) groups is 1. The first-order chi connectivity index (χ1) is 10.2. The van der Waals surface area contributed by atoms with Crippen molar-refractivity contribution in [1.29, 1.82) is 0 Å². The van der Waals surface area contributed by atoms with Gasteiger partial charge in [-0.1, -0.05) is 0 Å². The van der Waals surface area contributed by atoms with Crippen molar-refractivity contribution in [1.82, 2.24) is 24.9 Å². The molecule has 1 saturated heterocycles. The molecule has 0 radical (unpaired) electrons. The quantitative estimate of drug-likeness (QED) is 0.936. The number of hydrogen-bond acceptors (Lipinski definition) is 3. The molecule has 0 spiro atoms. The van der Waals surface area contributed by atoms with E-state index in [1.165, 1.54) is 0 Å². The van der Waals surface area contributed by atoms with E-state index in [0.717, 1.165) is 37.2 Å². The highest BCUT2D eigenvalue weighted by Crippen LogP contribution is 2.30. The zero-order valence-corrected chi connectivity index (χ0v) is 12.3. The minimum absolute atomic E-state index is 0.146. The van der Waals surface area contributed by atoms with Gasteiger partial charge in [0, 0.05) is 31.9 Å². The minimum Gasteiger partial charge on any atom is -0.334 e. The number of aryl methyl sites for hydroxylation is 2. The maximum atomic E-state index is 12.5. The predicted molar refractivity (Wildman–Crippen MR) is 78.5 cm³/mol. The van der Waals surface area contributed by atoms with Gasteiger partial charge in [-0.15, -0.1) is 0 Å².